The van der Waals surface area contributed by atoms with Crippen LogP contribution in [0.2, 0.25) is 0 Å². The fourth-order valence-corrected chi connectivity index (χ4v) is 2.53. The quantitative estimate of drug-likeness (QED) is 0.812. The molecule has 0 saturated carbocycles. The first-order valence-electron chi connectivity index (χ1n) is 6.78. The van der Waals surface area contributed by atoms with E-state index in [9.17, 15) is 4.79 Å². The summed E-state index contributed by atoms with van der Waals surface area (Å²) in [6.07, 6.45) is 0.318. The van der Waals surface area contributed by atoms with Gasteiger partial charge in [0.1, 0.15) is 5.75 Å². The lowest BCUT2D eigenvalue weighted by Crippen LogP contribution is -2.28. The van der Waals surface area contributed by atoms with Crippen LogP contribution in [-0.2, 0) is 11.2 Å². The van der Waals surface area contributed by atoms with E-state index < -0.39 is 0 Å². The van der Waals surface area contributed by atoms with E-state index in [0.717, 1.165) is 16.9 Å². The van der Waals surface area contributed by atoms with Crippen molar-refractivity contribution in [3.05, 3.63) is 65.7 Å². The number of halogens is 1. The summed E-state index contributed by atoms with van der Waals surface area (Å²) in [5, 5.41) is 2.94. The molecule has 1 N–H and O–H groups in total. The van der Waals surface area contributed by atoms with E-state index in [0.29, 0.717) is 13.0 Å². The van der Waals surface area contributed by atoms with Crippen molar-refractivity contribution in [3.8, 4) is 5.75 Å². The third kappa shape index (κ3) is 4.60. The summed E-state index contributed by atoms with van der Waals surface area (Å²) in [7, 11) is 1.61. The molecule has 1 atom stereocenters. The van der Waals surface area contributed by atoms with Crippen molar-refractivity contribution in [2.75, 3.05) is 13.7 Å². The van der Waals surface area contributed by atoms with Crippen LogP contribution in [0.15, 0.2) is 54.6 Å². The molecule has 0 aliphatic heterocycles. The zero-order valence-electron chi connectivity index (χ0n) is 11.9. The van der Waals surface area contributed by atoms with Crippen LogP contribution >= 0.6 is 15.9 Å². The normalized spacial score (nSPS) is 11.7. The Labute approximate surface area is 133 Å². The molecular formula is C17H18BrNO2. The Kier molecular flexibility index (Phi) is 5.81. The van der Waals surface area contributed by atoms with E-state index in [1.807, 2.05) is 54.6 Å². The lowest BCUT2D eigenvalue weighted by atomic mass is 10.1. The highest BCUT2D eigenvalue weighted by molar-refractivity contribution is 9.09. The Bertz CT molecular complexity index is 586. The zero-order valence-corrected chi connectivity index (χ0v) is 13.5. The number of methoxy groups -OCH3 is 1. The van der Waals surface area contributed by atoms with Crippen LogP contribution < -0.4 is 10.1 Å². The van der Waals surface area contributed by atoms with Crippen LogP contribution in [0.3, 0.4) is 0 Å². The van der Waals surface area contributed by atoms with Crippen LogP contribution in [0.1, 0.15) is 16.0 Å². The molecule has 3 nitrogen and oxygen atoms in total. The first kappa shape index (κ1) is 15.6. The van der Waals surface area contributed by atoms with Crippen molar-refractivity contribution in [2.24, 2.45) is 0 Å². The molecule has 2 aromatic carbocycles. The van der Waals surface area contributed by atoms with E-state index in [1.165, 1.54) is 0 Å². The number of alkyl halides is 1. The molecule has 1 amide bonds. The van der Waals surface area contributed by atoms with E-state index in [4.69, 9.17) is 4.74 Å². The highest BCUT2D eigenvalue weighted by atomic mass is 79.9. The van der Waals surface area contributed by atoms with Gasteiger partial charge in [-0.15, -0.1) is 0 Å². The van der Waals surface area contributed by atoms with Crippen molar-refractivity contribution < 1.29 is 9.53 Å². The molecule has 0 fully saturated rings. The second-order valence-electron chi connectivity index (χ2n) is 4.67. The molecule has 0 heterocycles. The van der Waals surface area contributed by atoms with Gasteiger partial charge in [0.25, 0.3) is 0 Å². The van der Waals surface area contributed by atoms with Crippen LogP contribution in [0.5, 0.6) is 5.75 Å². The predicted octanol–water partition coefficient (Wildman–Crippen LogP) is 3.49. The SMILES string of the molecule is COc1ccccc1CC(=O)NCC(Br)c1ccccc1. The Morgan fingerprint density at radius 3 is 2.52 bits per heavy atom. The first-order chi connectivity index (χ1) is 10.2. The minimum absolute atomic E-state index is 0.0140. The maximum Gasteiger partial charge on any atom is 0.224 e. The molecular weight excluding hydrogens is 330 g/mol. The highest BCUT2D eigenvalue weighted by Gasteiger charge is 2.11. The van der Waals surface area contributed by atoms with Crippen LogP contribution in [0, 0.1) is 0 Å². The fraction of sp³-hybridized carbons (Fsp3) is 0.235. The van der Waals surface area contributed by atoms with E-state index >= 15 is 0 Å². The smallest absolute Gasteiger partial charge is 0.224 e. The number of carbonyl (C=O) groups excluding carboxylic acids is 1. The number of rotatable bonds is 6. The van der Waals surface area contributed by atoms with Crippen molar-refractivity contribution in [1.29, 1.82) is 0 Å². The third-order valence-corrected chi connectivity index (χ3v) is 4.04. The molecule has 0 radical (unpaired) electrons. The van der Waals surface area contributed by atoms with Gasteiger partial charge in [-0.2, -0.15) is 0 Å². The fourth-order valence-electron chi connectivity index (χ4n) is 2.07. The summed E-state index contributed by atoms with van der Waals surface area (Å²) < 4.78 is 5.25. The zero-order chi connectivity index (χ0) is 15.1. The number of amides is 1. The Balaban J connectivity index is 1.88. The van der Waals surface area contributed by atoms with Gasteiger partial charge in [0, 0.05) is 12.1 Å². The maximum absolute atomic E-state index is 12.0. The molecule has 0 aliphatic rings. The third-order valence-electron chi connectivity index (χ3n) is 3.18. The summed E-state index contributed by atoms with van der Waals surface area (Å²) in [5.41, 5.74) is 2.04. The second-order valence-corrected chi connectivity index (χ2v) is 5.78. The molecule has 0 spiro atoms. The molecule has 0 aromatic heterocycles. The molecule has 4 heteroatoms. The number of para-hydroxylation sites is 1. The molecule has 21 heavy (non-hydrogen) atoms. The number of carbonyl (C=O) groups is 1. The molecule has 110 valence electrons. The number of hydrogen-bond donors (Lipinski definition) is 1. The van der Waals surface area contributed by atoms with E-state index in [2.05, 4.69) is 21.2 Å². The van der Waals surface area contributed by atoms with Gasteiger partial charge in [0.2, 0.25) is 5.91 Å². The predicted molar refractivity (Wildman–Crippen MR) is 87.8 cm³/mol. The average Bonchev–Trinajstić information content (AvgIpc) is 2.54. The van der Waals surface area contributed by atoms with Gasteiger partial charge < -0.3 is 10.1 Å². The monoisotopic (exact) mass is 347 g/mol. The van der Waals surface area contributed by atoms with Crippen LogP contribution in [0.4, 0.5) is 0 Å². The molecule has 2 rings (SSSR count). The molecule has 2 aromatic rings. The minimum atomic E-state index is -0.0140. The van der Waals surface area contributed by atoms with Gasteiger partial charge >= 0.3 is 0 Å². The second kappa shape index (κ2) is 7.84. The van der Waals surface area contributed by atoms with Crippen molar-refractivity contribution in [1.82, 2.24) is 5.32 Å². The number of benzene rings is 2. The van der Waals surface area contributed by atoms with Gasteiger partial charge in [-0.05, 0) is 11.6 Å². The van der Waals surface area contributed by atoms with Gasteiger partial charge in [-0.25, -0.2) is 0 Å². The number of nitrogens with one attached hydrogen (secondary N) is 1. The van der Waals surface area contributed by atoms with E-state index in [1.54, 1.807) is 7.11 Å². The first-order valence-corrected chi connectivity index (χ1v) is 7.70. The average molecular weight is 348 g/mol. The number of ether oxygens (including phenoxy) is 1. The van der Waals surface area contributed by atoms with E-state index in [-0.39, 0.29) is 10.7 Å². The summed E-state index contributed by atoms with van der Waals surface area (Å²) in [5.74, 6) is 0.728. The number of hydrogen-bond acceptors (Lipinski definition) is 2. The van der Waals surface area contributed by atoms with Crippen molar-refractivity contribution >= 4 is 21.8 Å². The molecule has 0 saturated heterocycles. The summed E-state index contributed by atoms with van der Waals surface area (Å²) in [6.45, 7) is 0.554. The topological polar surface area (TPSA) is 38.3 Å². The van der Waals surface area contributed by atoms with Gasteiger partial charge in [0.05, 0.1) is 18.4 Å². The lowest BCUT2D eigenvalue weighted by molar-refractivity contribution is -0.120. The van der Waals surface area contributed by atoms with Crippen molar-refractivity contribution in [3.63, 3.8) is 0 Å². The molecule has 1 unspecified atom stereocenters. The lowest BCUT2D eigenvalue weighted by Gasteiger charge is -2.12. The van der Waals surface area contributed by atoms with Gasteiger partial charge in [-0.3, -0.25) is 4.79 Å². The van der Waals surface area contributed by atoms with Gasteiger partial charge in [-0.1, -0.05) is 64.5 Å². The largest absolute Gasteiger partial charge is 0.496 e. The standard InChI is InChI=1S/C17H18BrNO2/c1-21-16-10-6-5-9-14(16)11-17(20)19-12-15(18)13-7-3-2-4-8-13/h2-10,15H,11-12H2,1H3,(H,19,20). The summed E-state index contributed by atoms with van der Waals surface area (Å²) >= 11 is 3.59. The Morgan fingerprint density at radius 1 is 1.14 bits per heavy atom. The summed E-state index contributed by atoms with van der Waals surface area (Å²) in [4.78, 5) is 12.1. The van der Waals surface area contributed by atoms with Crippen molar-refractivity contribution in [2.45, 2.75) is 11.2 Å². The molecule has 0 aliphatic carbocycles. The molecule has 0 bridgehead atoms. The summed E-state index contributed by atoms with van der Waals surface area (Å²) in [6, 6.07) is 17.6. The maximum atomic E-state index is 12.0. The Hall–Kier alpha value is -1.81. The van der Waals surface area contributed by atoms with Gasteiger partial charge in [0.15, 0.2) is 0 Å². The van der Waals surface area contributed by atoms with Crippen LogP contribution in [-0.4, -0.2) is 19.6 Å². The highest BCUT2D eigenvalue weighted by Crippen LogP contribution is 2.21. The Morgan fingerprint density at radius 2 is 1.81 bits per heavy atom. The minimum Gasteiger partial charge on any atom is -0.496 e. The van der Waals surface area contributed by atoms with Crippen LogP contribution in [0.25, 0.3) is 0 Å².